The van der Waals surface area contributed by atoms with Crippen molar-refractivity contribution in [2.45, 2.75) is 71.4 Å². The van der Waals surface area contributed by atoms with Crippen LogP contribution in [0.2, 0.25) is 5.02 Å². The summed E-state index contributed by atoms with van der Waals surface area (Å²) < 4.78 is 13.9. The minimum Gasteiger partial charge on any atom is -0.492 e. The topological polar surface area (TPSA) is 52.8 Å². The molecule has 0 unspecified atom stereocenters. The summed E-state index contributed by atoms with van der Waals surface area (Å²) in [5, 5.41) is 0.498. The van der Waals surface area contributed by atoms with Crippen LogP contribution >= 0.6 is 22.9 Å². The molecule has 1 saturated heterocycles. The van der Waals surface area contributed by atoms with Crippen LogP contribution < -0.4 is 9.54 Å². The van der Waals surface area contributed by atoms with Gasteiger partial charge in [-0.25, -0.2) is 0 Å². The number of aromatic nitrogens is 1. The molecule has 1 aromatic carbocycles. The van der Waals surface area contributed by atoms with Gasteiger partial charge in [0.05, 0.1) is 24.8 Å². The van der Waals surface area contributed by atoms with Crippen LogP contribution in [0, 0.1) is 5.41 Å². The van der Waals surface area contributed by atoms with Crippen LogP contribution in [-0.2, 0) is 16.7 Å². The van der Waals surface area contributed by atoms with Crippen molar-refractivity contribution in [2.24, 2.45) is 10.4 Å². The van der Waals surface area contributed by atoms with E-state index in [1.165, 1.54) is 4.88 Å². The summed E-state index contributed by atoms with van der Waals surface area (Å²) >= 11 is 7.76. The Morgan fingerprint density at radius 2 is 2.16 bits per heavy atom. The van der Waals surface area contributed by atoms with Crippen molar-refractivity contribution in [2.75, 3.05) is 13.2 Å². The number of halogens is 1. The SMILES string of the molecule is CC1(COc2ccc(Cl)cc2C(=O)N=c2sc(C(C)(C)C)cn2C[C@H]2CCCO2)CC1. The van der Waals surface area contributed by atoms with Gasteiger partial charge in [0.25, 0.3) is 5.91 Å². The molecule has 1 amide bonds. The van der Waals surface area contributed by atoms with Crippen LogP contribution in [0.15, 0.2) is 29.4 Å². The zero-order valence-electron chi connectivity index (χ0n) is 18.7. The first-order chi connectivity index (χ1) is 14.6. The van der Waals surface area contributed by atoms with Crippen molar-refractivity contribution in [3.8, 4) is 5.75 Å². The van der Waals surface area contributed by atoms with E-state index >= 15 is 0 Å². The average Bonchev–Trinajstić information content (AvgIpc) is 3.07. The van der Waals surface area contributed by atoms with E-state index in [9.17, 15) is 4.79 Å². The molecule has 2 heterocycles. The number of thiazole rings is 1. The van der Waals surface area contributed by atoms with Crippen molar-refractivity contribution >= 4 is 28.8 Å². The lowest BCUT2D eigenvalue weighted by atomic mass is 9.95. The lowest BCUT2D eigenvalue weighted by molar-refractivity contribution is 0.0948. The van der Waals surface area contributed by atoms with Crippen LogP contribution in [0.3, 0.4) is 0 Å². The Morgan fingerprint density at radius 3 is 2.81 bits per heavy atom. The van der Waals surface area contributed by atoms with Gasteiger partial charge in [0, 0.05) is 28.1 Å². The van der Waals surface area contributed by atoms with Crippen molar-refractivity contribution in [3.05, 3.63) is 44.7 Å². The maximum Gasteiger partial charge on any atom is 0.283 e. The summed E-state index contributed by atoms with van der Waals surface area (Å²) in [4.78, 5) is 19.6. The fraction of sp³-hybridized carbons (Fsp3) is 0.583. The van der Waals surface area contributed by atoms with E-state index in [1.54, 1.807) is 29.5 Å². The lowest BCUT2D eigenvalue weighted by Gasteiger charge is -2.15. The third-order valence-corrected chi connectivity index (χ3v) is 7.61. The molecule has 4 rings (SSSR count). The molecule has 1 aromatic heterocycles. The van der Waals surface area contributed by atoms with Crippen molar-refractivity contribution in [1.29, 1.82) is 0 Å². The highest BCUT2D eigenvalue weighted by atomic mass is 35.5. The smallest absolute Gasteiger partial charge is 0.283 e. The van der Waals surface area contributed by atoms with Crippen LogP contribution in [0.1, 0.15) is 68.6 Å². The fourth-order valence-electron chi connectivity index (χ4n) is 3.50. The monoisotopic (exact) mass is 462 g/mol. The van der Waals surface area contributed by atoms with Crippen molar-refractivity contribution in [1.82, 2.24) is 4.57 Å². The highest BCUT2D eigenvalue weighted by molar-refractivity contribution is 7.09. The second kappa shape index (κ2) is 8.72. The lowest BCUT2D eigenvalue weighted by Crippen LogP contribution is -2.23. The molecule has 0 radical (unpaired) electrons. The number of carbonyl (C=O) groups is 1. The van der Waals surface area contributed by atoms with Gasteiger partial charge in [-0.3, -0.25) is 4.79 Å². The van der Waals surface area contributed by atoms with E-state index in [2.05, 4.69) is 43.5 Å². The second-order valence-corrected chi connectivity index (χ2v) is 11.5. The van der Waals surface area contributed by atoms with Gasteiger partial charge in [-0.2, -0.15) is 4.99 Å². The van der Waals surface area contributed by atoms with E-state index in [0.717, 1.165) is 32.3 Å². The first-order valence-electron chi connectivity index (χ1n) is 11.0. The van der Waals surface area contributed by atoms with Crippen LogP contribution in [0.25, 0.3) is 0 Å². The third-order valence-electron chi connectivity index (χ3n) is 5.93. The van der Waals surface area contributed by atoms with Gasteiger partial charge in [-0.05, 0) is 49.3 Å². The summed E-state index contributed by atoms with van der Waals surface area (Å²) in [7, 11) is 0. The van der Waals surface area contributed by atoms with Crippen LogP contribution in [0.5, 0.6) is 5.75 Å². The summed E-state index contributed by atoms with van der Waals surface area (Å²) in [5.41, 5.74) is 0.603. The van der Waals surface area contributed by atoms with Crippen molar-refractivity contribution < 1.29 is 14.3 Å². The Labute approximate surface area is 193 Å². The van der Waals surface area contributed by atoms with Gasteiger partial charge >= 0.3 is 0 Å². The van der Waals surface area contributed by atoms with Crippen LogP contribution in [0.4, 0.5) is 0 Å². The van der Waals surface area contributed by atoms with E-state index in [4.69, 9.17) is 21.1 Å². The van der Waals surface area contributed by atoms with Gasteiger partial charge < -0.3 is 14.0 Å². The van der Waals surface area contributed by atoms with E-state index in [1.807, 2.05) is 0 Å². The van der Waals surface area contributed by atoms with E-state index in [-0.39, 0.29) is 22.8 Å². The summed E-state index contributed by atoms with van der Waals surface area (Å²) in [5.74, 6) is 0.214. The Bertz CT molecular complexity index is 1020. The largest absolute Gasteiger partial charge is 0.492 e. The summed E-state index contributed by atoms with van der Waals surface area (Å²) in [6.07, 6.45) is 6.70. The Morgan fingerprint density at radius 1 is 1.39 bits per heavy atom. The van der Waals surface area contributed by atoms with Gasteiger partial charge in [0.15, 0.2) is 4.80 Å². The predicted octanol–water partition coefficient (Wildman–Crippen LogP) is 5.60. The van der Waals surface area contributed by atoms with Gasteiger partial charge in [-0.1, -0.05) is 39.3 Å². The maximum absolute atomic E-state index is 13.2. The normalized spacial score (nSPS) is 20.8. The molecule has 5 nitrogen and oxygen atoms in total. The number of rotatable bonds is 6. The molecule has 7 heteroatoms. The minimum absolute atomic E-state index is 0.0240. The number of hydrogen-bond donors (Lipinski definition) is 0. The highest BCUT2D eigenvalue weighted by Crippen LogP contribution is 2.45. The predicted molar refractivity (Wildman–Crippen MR) is 124 cm³/mol. The number of benzene rings is 1. The van der Waals surface area contributed by atoms with Gasteiger partial charge in [0.2, 0.25) is 0 Å². The molecule has 2 aromatic rings. The van der Waals surface area contributed by atoms with E-state index in [0.29, 0.717) is 34.3 Å². The standard InChI is InChI=1S/C24H31ClN2O3S/c1-23(2,3)20-14-27(13-17-6-5-11-29-17)22(31-20)26-21(28)18-12-16(25)7-8-19(18)30-15-24(4)9-10-24/h7-8,12,14,17H,5-6,9-11,13,15H2,1-4H3/t17-/m1/s1. The molecule has 31 heavy (non-hydrogen) atoms. The maximum atomic E-state index is 13.2. The Hall–Kier alpha value is -1.63. The van der Waals surface area contributed by atoms with Crippen LogP contribution in [-0.4, -0.2) is 29.8 Å². The molecule has 168 valence electrons. The minimum atomic E-state index is -0.332. The van der Waals surface area contributed by atoms with E-state index < -0.39 is 0 Å². The molecule has 1 saturated carbocycles. The molecule has 0 N–H and O–H groups in total. The third kappa shape index (κ3) is 5.60. The molecular formula is C24H31ClN2O3S. The molecule has 2 aliphatic rings. The van der Waals surface area contributed by atoms with Gasteiger partial charge in [-0.15, -0.1) is 11.3 Å². The fourth-order valence-corrected chi connectivity index (χ4v) is 4.73. The quantitative estimate of drug-likeness (QED) is 0.561. The number of amides is 1. The molecule has 0 spiro atoms. The average molecular weight is 463 g/mol. The molecule has 0 bridgehead atoms. The summed E-state index contributed by atoms with van der Waals surface area (Å²) in [6, 6.07) is 5.18. The molecule has 1 aliphatic carbocycles. The zero-order chi connectivity index (χ0) is 22.2. The first kappa shape index (κ1) is 22.6. The second-order valence-electron chi connectivity index (χ2n) is 10.1. The first-order valence-corrected chi connectivity index (χ1v) is 12.2. The Kier molecular flexibility index (Phi) is 6.35. The molecular weight excluding hydrogens is 432 g/mol. The summed E-state index contributed by atoms with van der Waals surface area (Å²) in [6.45, 7) is 10.8. The number of hydrogen-bond acceptors (Lipinski definition) is 4. The van der Waals surface area contributed by atoms with Gasteiger partial charge in [0.1, 0.15) is 5.75 Å². The number of nitrogens with zero attached hydrogens (tertiary/aromatic N) is 2. The highest BCUT2D eigenvalue weighted by Gasteiger charge is 2.38. The number of carbonyl (C=O) groups excluding carboxylic acids is 1. The molecule has 2 fully saturated rings. The molecule has 1 atom stereocenters. The zero-order valence-corrected chi connectivity index (χ0v) is 20.3. The van der Waals surface area contributed by atoms with Crippen molar-refractivity contribution in [3.63, 3.8) is 0 Å². The number of ether oxygens (including phenoxy) is 2. The molecule has 1 aliphatic heterocycles. The Balaban J connectivity index is 1.66.